The fraction of sp³-hybridized carbons (Fsp3) is 0.778. The van der Waals surface area contributed by atoms with Crippen LogP contribution in [0.25, 0.3) is 0 Å². The Morgan fingerprint density at radius 2 is 1.93 bits per heavy atom. The fourth-order valence-electron chi connectivity index (χ4n) is 1.53. The molecule has 0 spiro atoms. The summed E-state index contributed by atoms with van der Waals surface area (Å²) in [5.74, 6) is -5.23. The molecule has 0 saturated carbocycles. The van der Waals surface area contributed by atoms with Gasteiger partial charge in [-0.2, -0.15) is 17.6 Å². The summed E-state index contributed by atoms with van der Waals surface area (Å²) in [6.45, 7) is 1.82. The van der Waals surface area contributed by atoms with Gasteiger partial charge in [0.15, 0.2) is 0 Å². The molecule has 0 fully saturated rings. The highest BCUT2D eigenvalue weighted by atomic mass is 79.9. The topological polar surface area (TPSA) is 0 Å². The average molecular weight is 275 g/mol. The Balaban J connectivity index is 2.75. The van der Waals surface area contributed by atoms with Gasteiger partial charge in [-0.05, 0) is 42.1 Å². The number of halogens is 5. The van der Waals surface area contributed by atoms with E-state index in [1.807, 2.05) is 6.92 Å². The normalized spacial score (nSPS) is 24.7. The predicted molar refractivity (Wildman–Crippen MR) is 49.9 cm³/mol. The first-order valence-electron chi connectivity index (χ1n) is 4.35. The van der Waals surface area contributed by atoms with Crippen LogP contribution < -0.4 is 0 Å². The minimum absolute atomic E-state index is 0.0278. The number of hydrogen-bond acceptors (Lipinski definition) is 0. The van der Waals surface area contributed by atoms with Crippen molar-refractivity contribution < 1.29 is 17.6 Å². The summed E-state index contributed by atoms with van der Waals surface area (Å²) in [5, 5.41) is 0. The van der Waals surface area contributed by atoms with Gasteiger partial charge in [0.1, 0.15) is 0 Å². The highest BCUT2D eigenvalue weighted by Gasteiger charge is 2.58. The monoisotopic (exact) mass is 274 g/mol. The molecule has 0 N–H and O–H groups in total. The van der Waals surface area contributed by atoms with E-state index < -0.39 is 16.7 Å². The first-order valence-corrected chi connectivity index (χ1v) is 5.14. The van der Waals surface area contributed by atoms with Crippen LogP contribution in [0.5, 0.6) is 0 Å². The predicted octanol–water partition coefficient (Wildman–Crippen LogP) is 4.36. The summed E-state index contributed by atoms with van der Waals surface area (Å²) in [7, 11) is 0. The zero-order valence-corrected chi connectivity index (χ0v) is 9.25. The molecule has 1 aliphatic rings. The maximum Gasteiger partial charge on any atom is 0.363 e. The molecule has 14 heavy (non-hydrogen) atoms. The first kappa shape index (κ1) is 12.0. The summed E-state index contributed by atoms with van der Waals surface area (Å²) in [5.41, 5.74) is 0.995. The molecule has 1 unspecified atom stereocenters. The summed E-state index contributed by atoms with van der Waals surface area (Å²) >= 11 is 1.75. The van der Waals surface area contributed by atoms with Crippen LogP contribution in [-0.2, 0) is 0 Å². The van der Waals surface area contributed by atoms with Crippen LogP contribution in [-0.4, -0.2) is 10.8 Å². The second kappa shape index (κ2) is 3.83. The number of allylic oxidation sites excluding steroid dienone is 2. The Labute approximate surface area is 88.5 Å². The molecule has 1 rings (SSSR count). The molecule has 0 aromatic rings. The van der Waals surface area contributed by atoms with Crippen LogP contribution in [0.3, 0.4) is 0 Å². The maximum absolute atomic E-state index is 13.1. The van der Waals surface area contributed by atoms with Gasteiger partial charge in [0, 0.05) is 5.92 Å². The van der Waals surface area contributed by atoms with Crippen molar-refractivity contribution in [2.75, 3.05) is 0 Å². The molecule has 1 atom stereocenters. The lowest BCUT2D eigenvalue weighted by Crippen LogP contribution is -2.42. The van der Waals surface area contributed by atoms with Crippen LogP contribution in [0.4, 0.5) is 17.6 Å². The number of hydrogen-bond donors (Lipinski definition) is 0. The first-order chi connectivity index (χ1) is 6.25. The van der Waals surface area contributed by atoms with Gasteiger partial charge in [-0.1, -0.05) is 11.6 Å². The lowest BCUT2D eigenvalue weighted by Gasteiger charge is -2.31. The largest absolute Gasteiger partial charge is 0.363 e. The molecule has 0 nitrogen and oxygen atoms in total. The molecule has 0 aromatic carbocycles. The van der Waals surface area contributed by atoms with Crippen molar-refractivity contribution in [3.05, 3.63) is 11.6 Å². The van der Waals surface area contributed by atoms with Crippen LogP contribution >= 0.6 is 15.9 Å². The quantitative estimate of drug-likeness (QED) is 0.399. The van der Waals surface area contributed by atoms with E-state index in [2.05, 4.69) is 0 Å². The molecule has 0 aliphatic heterocycles. The van der Waals surface area contributed by atoms with E-state index in [4.69, 9.17) is 0 Å². The lowest BCUT2D eigenvalue weighted by molar-refractivity contribution is -0.183. The van der Waals surface area contributed by atoms with Crippen molar-refractivity contribution in [3.63, 3.8) is 0 Å². The van der Waals surface area contributed by atoms with Gasteiger partial charge >= 0.3 is 10.8 Å². The van der Waals surface area contributed by atoms with Crippen molar-refractivity contribution in [1.82, 2.24) is 0 Å². The summed E-state index contributed by atoms with van der Waals surface area (Å²) < 4.78 is 51.3. The van der Waals surface area contributed by atoms with Gasteiger partial charge < -0.3 is 0 Å². The fourth-order valence-corrected chi connectivity index (χ4v) is 1.85. The zero-order chi connectivity index (χ0) is 11.0. The molecular formula is C9H11BrF4. The molecule has 0 aromatic heterocycles. The Hall–Kier alpha value is -0.0600. The molecule has 0 bridgehead atoms. The van der Waals surface area contributed by atoms with E-state index in [1.54, 1.807) is 22.0 Å². The van der Waals surface area contributed by atoms with E-state index in [0.717, 1.165) is 5.57 Å². The van der Waals surface area contributed by atoms with E-state index >= 15 is 0 Å². The second-order valence-electron chi connectivity index (χ2n) is 3.64. The van der Waals surface area contributed by atoms with Crippen molar-refractivity contribution >= 4 is 15.9 Å². The molecule has 1 aliphatic carbocycles. The van der Waals surface area contributed by atoms with Crippen LogP contribution in [0, 0.1) is 5.92 Å². The van der Waals surface area contributed by atoms with Crippen LogP contribution in [0.1, 0.15) is 26.2 Å². The number of alkyl halides is 5. The zero-order valence-electron chi connectivity index (χ0n) is 7.67. The van der Waals surface area contributed by atoms with E-state index in [9.17, 15) is 17.6 Å². The van der Waals surface area contributed by atoms with Crippen molar-refractivity contribution in [2.24, 2.45) is 5.92 Å². The highest BCUT2D eigenvalue weighted by molar-refractivity contribution is 9.10. The third-order valence-corrected chi connectivity index (χ3v) is 3.06. The van der Waals surface area contributed by atoms with Gasteiger partial charge in [-0.3, -0.25) is 0 Å². The summed E-state index contributed by atoms with van der Waals surface area (Å²) in [4.78, 5) is -4.11. The lowest BCUT2D eigenvalue weighted by atomic mass is 9.86. The van der Waals surface area contributed by atoms with Crippen molar-refractivity contribution in [3.8, 4) is 0 Å². The molecule has 0 radical (unpaired) electrons. The minimum Gasteiger partial charge on any atom is -0.198 e. The second-order valence-corrected chi connectivity index (χ2v) is 4.64. The smallest absolute Gasteiger partial charge is 0.198 e. The summed E-state index contributed by atoms with van der Waals surface area (Å²) in [6.07, 6.45) is 2.24. The number of rotatable bonds is 2. The highest BCUT2D eigenvalue weighted by Crippen LogP contribution is 2.48. The Morgan fingerprint density at radius 3 is 2.29 bits per heavy atom. The standard InChI is InChI=1S/C9H11BrF4/c1-6-2-4-7(5-3-6)8(11,12)9(10,13)14/h2,7H,3-5H2,1H3. The Morgan fingerprint density at radius 1 is 1.36 bits per heavy atom. The van der Waals surface area contributed by atoms with Crippen LogP contribution in [0.2, 0.25) is 0 Å². The molecule has 5 heteroatoms. The third kappa shape index (κ3) is 2.30. The Bertz CT molecular complexity index is 242. The van der Waals surface area contributed by atoms with E-state index in [-0.39, 0.29) is 12.8 Å². The van der Waals surface area contributed by atoms with Crippen molar-refractivity contribution in [2.45, 2.75) is 36.9 Å². The summed E-state index contributed by atoms with van der Waals surface area (Å²) in [6, 6.07) is 0. The van der Waals surface area contributed by atoms with Gasteiger partial charge in [-0.15, -0.1) is 0 Å². The van der Waals surface area contributed by atoms with E-state index in [0.29, 0.717) is 6.42 Å². The van der Waals surface area contributed by atoms with Crippen LogP contribution in [0.15, 0.2) is 11.6 Å². The third-order valence-electron chi connectivity index (χ3n) is 2.53. The van der Waals surface area contributed by atoms with E-state index in [1.165, 1.54) is 0 Å². The molecular weight excluding hydrogens is 264 g/mol. The molecule has 0 saturated heterocycles. The van der Waals surface area contributed by atoms with Gasteiger partial charge in [-0.25, -0.2) is 0 Å². The Kier molecular flexibility index (Phi) is 3.29. The molecule has 82 valence electrons. The SMILES string of the molecule is CC1=CCC(C(F)(F)C(F)(F)Br)CC1. The van der Waals surface area contributed by atoms with Gasteiger partial charge in [0.2, 0.25) is 0 Å². The van der Waals surface area contributed by atoms with Gasteiger partial charge in [0.25, 0.3) is 0 Å². The van der Waals surface area contributed by atoms with Crippen molar-refractivity contribution in [1.29, 1.82) is 0 Å². The molecule has 0 heterocycles. The maximum atomic E-state index is 13.1. The minimum atomic E-state index is -4.11. The van der Waals surface area contributed by atoms with Gasteiger partial charge in [0.05, 0.1) is 0 Å². The molecule has 0 amide bonds. The average Bonchev–Trinajstić information content (AvgIpc) is 2.03.